The first-order valence-electron chi connectivity index (χ1n) is 13.1. The van der Waals surface area contributed by atoms with E-state index in [1.807, 2.05) is 18.2 Å². The third-order valence-corrected chi connectivity index (χ3v) is 7.93. The monoisotopic (exact) mass is 585 g/mol. The number of nitrogens with zero attached hydrogens (tertiary/aromatic N) is 3. The molecular formula is C28H29Cl2N5O5. The molecule has 2 aliphatic rings. The van der Waals surface area contributed by atoms with Gasteiger partial charge < -0.3 is 30.0 Å². The zero-order chi connectivity index (χ0) is 28.4. The van der Waals surface area contributed by atoms with Crippen molar-refractivity contribution in [3.05, 3.63) is 63.3 Å². The Morgan fingerprint density at radius 2 is 1.85 bits per heavy atom. The first kappa shape index (κ1) is 27.8. The average molecular weight is 586 g/mol. The number of nitrogens with one attached hydrogen (secondary N) is 2. The Bertz CT molecular complexity index is 1460. The highest BCUT2D eigenvalue weighted by Crippen LogP contribution is 2.40. The second-order valence-corrected chi connectivity index (χ2v) is 10.5. The summed E-state index contributed by atoms with van der Waals surface area (Å²) in [6, 6.07) is 9.26. The molecule has 3 N–H and O–H groups in total. The van der Waals surface area contributed by atoms with E-state index in [0.717, 1.165) is 37.7 Å². The van der Waals surface area contributed by atoms with E-state index in [-0.39, 0.29) is 33.8 Å². The number of aliphatic carboxylic acids is 1. The Labute approximate surface area is 240 Å². The molecule has 2 aromatic carbocycles. The summed E-state index contributed by atoms with van der Waals surface area (Å²) in [6.45, 7) is 1.91. The van der Waals surface area contributed by atoms with Gasteiger partial charge in [-0.1, -0.05) is 41.4 Å². The number of hydrogen-bond donors (Lipinski definition) is 3. The van der Waals surface area contributed by atoms with Gasteiger partial charge in [-0.05, 0) is 49.4 Å². The van der Waals surface area contributed by atoms with Gasteiger partial charge >= 0.3 is 5.97 Å². The molecule has 1 aromatic heterocycles. The molecular weight excluding hydrogens is 557 g/mol. The fraction of sp³-hybridized carbons (Fsp3) is 0.357. The Balaban J connectivity index is 1.32. The number of carbonyl (C=O) groups excluding carboxylic acids is 2. The quantitative estimate of drug-likeness (QED) is 0.292. The van der Waals surface area contributed by atoms with Gasteiger partial charge in [0.05, 0.1) is 21.3 Å². The SMILES string of the molecule is CN=C(NC[C@H](NC(=O)c1c(Cl)cc2c(c1Cl)CCN2C(=O)c1cc2ccccc2o1)C(=O)O)N1CCCCC1. The highest BCUT2D eigenvalue weighted by atomic mass is 35.5. The summed E-state index contributed by atoms with van der Waals surface area (Å²) >= 11 is 13.2. The number of piperidine rings is 1. The molecule has 2 amide bonds. The Hall–Kier alpha value is -3.76. The molecule has 40 heavy (non-hydrogen) atoms. The number of rotatable bonds is 6. The summed E-state index contributed by atoms with van der Waals surface area (Å²) < 4.78 is 5.74. The predicted molar refractivity (Wildman–Crippen MR) is 154 cm³/mol. The number of para-hydroxylation sites is 1. The van der Waals surface area contributed by atoms with E-state index >= 15 is 0 Å². The number of guanidine groups is 1. The van der Waals surface area contributed by atoms with E-state index in [2.05, 4.69) is 20.5 Å². The Morgan fingerprint density at radius 3 is 2.55 bits per heavy atom. The summed E-state index contributed by atoms with van der Waals surface area (Å²) in [6.07, 6.45) is 3.62. The maximum Gasteiger partial charge on any atom is 0.328 e. The molecule has 0 radical (unpaired) electrons. The van der Waals surface area contributed by atoms with E-state index in [4.69, 9.17) is 27.6 Å². The highest BCUT2D eigenvalue weighted by molar-refractivity contribution is 6.41. The Morgan fingerprint density at radius 1 is 1.10 bits per heavy atom. The minimum Gasteiger partial charge on any atom is -0.480 e. The summed E-state index contributed by atoms with van der Waals surface area (Å²) in [7, 11) is 1.64. The molecule has 0 bridgehead atoms. The van der Waals surface area contributed by atoms with Gasteiger partial charge in [0.25, 0.3) is 11.8 Å². The van der Waals surface area contributed by atoms with Gasteiger partial charge in [-0.2, -0.15) is 0 Å². The van der Waals surface area contributed by atoms with E-state index in [0.29, 0.717) is 35.8 Å². The van der Waals surface area contributed by atoms with Crippen molar-refractivity contribution in [3.63, 3.8) is 0 Å². The number of halogens is 2. The second kappa shape index (κ2) is 11.8. The lowest BCUT2D eigenvalue weighted by Crippen LogP contribution is -2.52. The Kier molecular flexibility index (Phi) is 8.18. The van der Waals surface area contributed by atoms with Crippen LogP contribution in [0.15, 0.2) is 45.8 Å². The van der Waals surface area contributed by atoms with Gasteiger partial charge in [0, 0.05) is 38.6 Å². The smallest absolute Gasteiger partial charge is 0.328 e. The number of carbonyl (C=O) groups is 3. The number of carboxylic acids is 1. The lowest BCUT2D eigenvalue weighted by Gasteiger charge is -2.30. The number of carboxylic acid groups (broad SMARTS) is 1. The van der Waals surface area contributed by atoms with Crippen LogP contribution in [0.2, 0.25) is 10.0 Å². The number of hydrogen-bond acceptors (Lipinski definition) is 5. The van der Waals surface area contributed by atoms with Crippen LogP contribution in [-0.4, -0.2) is 73.0 Å². The highest BCUT2D eigenvalue weighted by Gasteiger charge is 2.33. The molecule has 1 saturated heterocycles. The van der Waals surface area contributed by atoms with Gasteiger partial charge in [0.15, 0.2) is 11.7 Å². The van der Waals surface area contributed by atoms with Crippen LogP contribution < -0.4 is 15.5 Å². The van der Waals surface area contributed by atoms with E-state index in [1.54, 1.807) is 19.2 Å². The maximum atomic E-state index is 13.3. The molecule has 0 unspecified atom stereocenters. The third kappa shape index (κ3) is 5.46. The number of fused-ring (bicyclic) bond motifs is 2. The summed E-state index contributed by atoms with van der Waals surface area (Å²) in [5.74, 6) is -1.52. The lowest BCUT2D eigenvalue weighted by molar-refractivity contribution is -0.139. The van der Waals surface area contributed by atoms with Crippen molar-refractivity contribution in [1.82, 2.24) is 15.5 Å². The molecule has 0 saturated carbocycles. The van der Waals surface area contributed by atoms with Crippen LogP contribution >= 0.6 is 23.2 Å². The van der Waals surface area contributed by atoms with Crippen molar-refractivity contribution < 1.29 is 23.9 Å². The van der Waals surface area contributed by atoms with Crippen molar-refractivity contribution in [2.45, 2.75) is 31.7 Å². The number of amides is 2. The summed E-state index contributed by atoms with van der Waals surface area (Å²) in [4.78, 5) is 46.4. The minimum absolute atomic E-state index is 0.00628. The van der Waals surface area contributed by atoms with Crippen molar-refractivity contribution in [2.75, 3.05) is 38.1 Å². The molecule has 210 valence electrons. The van der Waals surface area contributed by atoms with Crippen LogP contribution in [0.4, 0.5) is 5.69 Å². The normalized spacial score (nSPS) is 16.1. The van der Waals surface area contributed by atoms with Crippen molar-refractivity contribution in [1.29, 1.82) is 0 Å². The van der Waals surface area contributed by atoms with Gasteiger partial charge in [0.1, 0.15) is 11.6 Å². The minimum atomic E-state index is -1.26. The lowest BCUT2D eigenvalue weighted by atomic mass is 10.1. The van der Waals surface area contributed by atoms with Crippen LogP contribution in [0.25, 0.3) is 11.0 Å². The van der Waals surface area contributed by atoms with Crippen molar-refractivity contribution in [3.8, 4) is 0 Å². The summed E-state index contributed by atoms with van der Waals surface area (Å²) in [5.41, 5.74) is 1.63. The standard InChI is InChI=1S/C28H29Cl2N5O5/c1-31-28(34-10-5-2-6-11-34)32-15-19(27(38)39)33-25(36)23-18(29)14-20-17(24(23)30)9-12-35(20)26(37)22-13-16-7-3-4-8-21(16)40-22/h3-4,7-8,13-14,19H,2,5-6,9-12,15H2,1H3,(H,31,32)(H,33,36)(H,38,39)/t19-/m0/s1. The molecule has 1 atom stereocenters. The van der Waals surface area contributed by atoms with Gasteiger partial charge in [-0.3, -0.25) is 14.6 Å². The first-order chi connectivity index (χ1) is 19.3. The average Bonchev–Trinajstić information content (AvgIpc) is 3.57. The number of furan rings is 1. The van der Waals surface area contributed by atoms with Crippen LogP contribution in [-0.2, 0) is 11.2 Å². The molecule has 5 rings (SSSR count). The molecule has 12 heteroatoms. The van der Waals surface area contributed by atoms with Crippen molar-refractivity contribution >= 4 is 63.6 Å². The van der Waals surface area contributed by atoms with E-state index < -0.39 is 17.9 Å². The second-order valence-electron chi connectivity index (χ2n) is 9.74. The zero-order valence-corrected chi connectivity index (χ0v) is 23.4. The number of aliphatic imine (C=N–C) groups is 1. The van der Waals surface area contributed by atoms with Gasteiger partial charge in [-0.25, -0.2) is 4.79 Å². The maximum absolute atomic E-state index is 13.3. The van der Waals surface area contributed by atoms with Crippen LogP contribution in [0.1, 0.15) is 45.7 Å². The molecule has 0 aliphatic carbocycles. The van der Waals surface area contributed by atoms with Crippen LogP contribution in [0.3, 0.4) is 0 Å². The predicted octanol–water partition coefficient (Wildman–Crippen LogP) is 4.19. The molecule has 10 nitrogen and oxygen atoms in total. The molecule has 0 spiro atoms. The van der Waals surface area contributed by atoms with E-state index in [9.17, 15) is 19.5 Å². The van der Waals surface area contributed by atoms with Gasteiger partial charge in [0.2, 0.25) is 0 Å². The van der Waals surface area contributed by atoms with Crippen LogP contribution in [0.5, 0.6) is 0 Å². The first-order valence-corrected chi connectivity index (χ1v) is 13.8. The largest absolute Gasteiger partial charge is 0.480 e. The van der Waals surface area contributed by atoms with Gasteiger partial charge in [-0.15, -0.1) is 0 Å². The molecule has 3 aromatic rings. The number of anilines is 1. The molecule has 2 aliphatic heterocycles. The fourth-order valence-corrected chi connectivity index (χ4v) is 5.88. The van der Waals surface area contributed by atoms with E-state index in [1.165, 1.54) is 11.0 Å². The topological polar surface area (TPSA) is 127 Å². The molecule has 1 fully saturated rings. The zero-order valence-electron chi connectivity index (χ0n) is 21.9. The summed E-state index contributed by atoms with van der Waals surface area (Å²) in [5, 5.41) is 16.3. The molecule has 3 heterocycles. The number of likely N-dealkylation sites (tertiary alicyclic amines) is 1. The third-order valence-electron chi connectivity index (χ3n) is 7.22. The number of benzene rings is 2. The van der Waals surface area contributed by atoms with Crippen LogP contribution in [0, 0.1) is 0 Å². The van der Waals surface area contributed by atoms with Crippen molar-refractivity contribution in [2.24, 2.45) is 4.99 Å². The fourth-order valence-electron chi connectivity index (χ4n) is 5.17.